The molecule has 1 heterocycles. The molecule has 0 saturated carbocycles. The molecule has 0 aliphatic carbocycles. The van der Waals surface area contributed by atoms with Gasteiger partial charge in [0.25, 0.3) is 0 Å². The van der Waals surface area contributed by atoms with Gasteiger partial charge in [0.2, 0.25) is 0 Å². The van der Waals surface area contributed by atoms with Gasteiger partial charge in [0.1, 0.15) is 23.9 Å². The van der Waals surface area contributed by atoms with Crippen LogP contribution in [0.25, 0.3) is 0 Å². The molecular weight excluding hydrogens is 176 g/mol. The third kappa shape index (κ3) is 1.84. The van der Waals surface area contributed by atoms with E-state index >= 15 is 0 Å². The lowest BCUT2D eigenvalue weighted by Crippen LogP contribution is -2.44. The molecule has 78 valence electrons. The molecule has 1 fully saturated rings. The Morgan fingerprint density at radius 3 is 2.46 bits per heavy atom. The third-order valence-corrected chi connectivity index (χ3v) is 2.36. The Balaban J connectivity index is 2.69. The number of ether oxygens (including phenoxy) is 2. The van der Waals surface area contributed by atoms with Crippen LogP contribution in [0, 0.1) is 0 Å². The van der Waals surface area contributed by atoms with Gasteiger partial charge in [-0.15, -0.1) is 0 Å². The molecule has 1 aliphatic heterocycles. The van der Waals surface area contributed by atoms with Crippen LogP contribution in [0.3, 0.4) is 0 Å². The zero-order valence-corrected chi connectivity index (χ0v) is 7.80. The Morgan fingerprint density at radius 1 is 1.46 bits per heavy atom. The maximum Gasteiger partial charge on any atom is 0.118 e. The maximum atomic E-state index is 9.58. The summed E-state index contributed by atoms with van der Waals surface area (Å²) in [6.07, 6.45) is -2.80. The fourth-order valence-electron chi connectivity index (χ4n) is 1.60. The molecular formula is C8H16O5. The molecule has 0 radical (unpaired) electrons. The van der Waals surface area contributed by atoms with E-state index in [-0.39, 0.29) is 13.2 Å². The van der Waals surface area contributed by atoms with Crippen molar-refractivity contribution in [2.45, 2.75) is 30.8 Å². The van der Waals surface area contributed by atoms with Crippen molar-refractivity contribution in [2.75, 3.05) is 20.3 Å². The molecule has 0 bridgehead atoms. The first-order chi connectivity index (χ1) is 6.05. The predicted octanol–water partition coefficient (Wildman–Crippen LogP) is -1.50. The number of aliphatic hydroxyl groups is 3. The third-order valence-electron chi connectivity index (χ3n) is 2.36. The fraction of sp³-hybridized carbons (Fsp3) is 1.00. The molecule has 1 unspecified atom stereocenters. The predicted molar refractivity (Wildman–Crippen MR) is 44.3 cm³/mol. The molecule has 1 saturated heterocycles. The monoisotopic (exact) mass is 192 g/mol. The van der Waals surface area contributed by atoms with Crippen LogP contribution in [0.1, 0.15) is 6.92 Å². The largest absolute Gasteiger partial charge is 0.394 e. The number of hydrogen-bond donors (Lipinski definition) is 3. The quantitative estimate of drug-likeness (QED) is 0.507. The zero-order valence-electron chi connectivity index (χ0n) is 7.80. The average Bonchev–Trinajstić information content (AvgIpc) is 2.31. The minimum atomic E-state index is -1.05. The van der Waals surface area contributed by atoms with Crippen molar-refractivity contribution in [3.05, 3.63) is 0 Å². The van der Waals surface area contributed by atoms with Gasteiger partial charge in [0.05, 0.1) is 13.2 Å². The van der Waals surface area contributed by atoms with Gasteiger partial charge in [0.15, 0.2) is 0 Å². The van der Waals surface area contributed by atoms with Crippen LogP contribution in [-0.4, -0.2) is 59.6 Å². The van der Waals surface area contributed by atoms with E-state index in [1.165, 1.54) is 7.11 Å². The Bertz CT molecular complexity index is 174. The van der Waals surface area contributed by atoms with Crippen molar-refractivity contribution < 1.29 is 24.8 Å². The molecule has 0 aromatic carbocycles. The summed E-state index contributed by atoms with van der Waals surface area (Å²) >= 11 is 0. The molecule has 0 aromatic heterocycles. The van der Waals surface area contributed by atoms with Crippen LogP contribution in [0.15, 0.2) is 0 Å². The van der Waals surface area contributed by atoms with E-state index in [2.05, 4.69) is 0 Å². The summed E-state index contributed by atoms with van der Waals surface area (Å²) in [4.78, 5) is 0. The van der Waals surface area contributed by atoms with Crippen LogP contribution in [0.2, 0.25) is 0 Å². The van der Waals surface area contributed by atoms with Crippen molar-refractivity contribution in [3.8, 4) is 0 Å². The van der Waals surface area contributed by atoms with Crippen molar-refractivity contribution in [1.82, 2.24) is 0 Å². The van der Waals surface area contributed by atoms with Gasteiger partial charge in [-0.2, -0.15) is 0 Å². The van der Waals surface area contributed by atoms with E-state index in [1.54, 1.807) is 6.92 Å². The van der Waals surface area contributed by atoms with Crippen LogP contribution >= 0.6 is 0 Å². The van der Waals surface area contributed by atoms with Crippen molar-refractivity contribution in [1.29, 1.82) is 0 Å². The second-order valence-electron chi connectivity index (χ2n) is 3.52. The van der Waals surface area contributed by atoms with Crippen LogP contribution in [0.5, 0.6) is 0 Å². The second kappa shape index (κ2) is 3.89. The van der Waals surface area contributed by atoms with E-state index in [0.717, 1.165) is 0 Å². The number of methoxy groups -OCH3 is 1. The van der Waals surface area contributed by atoms with Gasteiger partial charge in [-0.1, -0.05) is 0 Å². The lowest BCUT2D eigenvalue weighted by molar-refractivity contribution is -0.114. The lowest BCUT2D eigenvalue weighted by atomic mass is 9.98. The normalized spacial score (nSPS) is 45.5. The molecule has 0 aromatic rings. The first kappa shape index (κ1) is 10.9. The summed E-state index contributed by atoms with van der Waals surface area (Å²) in [7, 11) is 1.49. The van der Waals surface area contributed by atoms with Crippen molar-refractivity contribution in [3.63, 3.8) is 0 Å². The van der Waals surface area contributed by atoms with E-state index in [9.17, 15) is 10.2 Å². The minimum absolute atomic E-state index is 0.182. The molecule has 5 nitrogen and oxygen atoms in total. The molecule has 3 N–H and O–H groups in total. The highest BCUT2D eigenvalue weighted by atomic mass is 16.6. The SMILES string of the molecule is COC[C@@]1(C)O[C@H](CO)[C@H](O)C1O. The molecule has 0 amide bonds. The molecule has 5 heteroatoms. The molecule has 1 rings (SSSR count). The Morgan fingerprint density at radius 2 is 2.08 bits per heavy atom. The summed E-state index contributed by atoms with van der Waals surface area (Å²) in [5, 5.41) is 27.8. The minimum Gasteiger partial charge on any atom is -0.394 e. The van der Waals surface area contributed by atoms with Gasteiger partial charge in [-0.25, -0.2) is 0 Å². The summed E-state index contributed by atoms with van der Waals surface area (Å²) in [6.45, 7) is 1.51. The highest BCUT2D eigenvalue weighted by molar-refractivity contribution is 4.99. The zero-order chi connectivity index (χ0) is 10.1. The number of aliphatic hydroxyl groups excluding tert-OH is 3. The second-order valence-corrected chi connectivity index (χ2v) is 3.52. The highest BCUT2D eigenvalue weighted by Gasteiger charge is 2.50. The molecule has 4 atom stereocenters. The van der Waals surface area contributed by atoms with E-state index < -0.39 is 23.9 Å². The first-order valence-electron chi connectivity index (χ1n) is 4.19. The van der Waals surface area contributed by atoms with Crippen molar-refractivity contribution >= 4 is 0 Å². The lowest BCUT2D eigenvalue weighted by Gasteiger charge is -2.26. The summed E-state index contributed by atoms with van der Waals surface area (Å²) in [5.74, 6) is 0. The topological polar surface area (TPSA) is 79.2 Å². The van der Waals surface area contributed by atoms with Crippen molar-refractivity contribution in [2.24, 2.45) is 0 Å². The molecule has 13 heavy (non-hydrogen) atoms. The maximum absolute atomic E-state index is 9.58. The highest BCUT2D eigenvalue weighted by Crippen LogP contribution is 2.30. The number of hydrogen-bond acceptors (Lipinski definition) is 5. The van der Waals surface area contributed by atoms with Gasteiger partial charge in [-0.3, -0.25) is 0 Å². The smallest absolute Gasteiger partial charge is 0.118 e. The van der Waals surface area contributed by atoms with Gasteiger partial charge < -0.3 is 24.8 Å². The summed E-state index contributed by atoms with van der Waals surface area (Å²) < 4.78 is 10.2. The van der Waals surface area contributed by atoms with E-state index in [4.69, 9.17) is 14.6 Å². The van der Waals surface area contributed by atoms with E-state index in [1.807, 2.05) is 0 Å². The molecule has 0 spiro atoms. The fourth-order valence-corrected chi connectivity index (χ4v) is 1.60. The van der Waals surface area contributed by atoms with Gasteiger partial charge in [0, 0.05) is 7.11 Å². The number of rotatable bonds is 3. The molecule has 1 aliphatic rings. The Hall–Kier alpha value is -0.200. The van der Waals surface area contributed by atoms with Crippen LogP contribution in [0.4, 0.5) is 0 Å². The van der Waals surface area contributed by atoms with Crippen LogP contribution in [-0.2, 0) is 9.47 Å². The first-order valence-corrected chi connectivity index (χ1v) is 4.19. The van der Waals surface area contributed by atoms with Gasteiger partial charge in [-0.05, 0) is 6.92 Å². The summed E-state index contributed by atoms with van der Waals surface area (Å²) in [5.41, 5.74) is -0.929. The summed E-state index contributed by atoms with van der Waals surface area (Å²) in [6, 6.07) is 0. The average molecular weight is 192 g/mol. The Kier molecular flexibility index (Phi) is 3.26. The Labute approximate surface area is 76.9 Å². The van der Waals surface area contributed by atoms with Gasteiger partial charge >= 0.3 is 0 Å². The van der Waals surface area contributed by atoms with Crippen LogP contribution < -0.4 is 0 Å². The standard InChI is InChI=1S/C8H16O5/c1-8(4-12-2)7(11)6(10)5(3-9)13-8/h5-7,9-11H,3-4H2,1-2H3/t5-,6+,7?,8-/m1/s1. The van der Waals surface area contributed by atoms with E-state index in [0.29, 0.717) is 0 Å².